The molecule has 1 heterocycles. The number of carbonyl (C=O) groups is 1. The average Bonchev–Trinajstić information content (AvgIpc) is 3.16. The zero-order valence-corrected chi connectivity index (χ0v) is 16.4. The van der Waals surface area contributed by atoms with Crippen molar-refractivity contribution < 1.29 is 18.7 Å². The fraction of sp³-hybridized carbons (Fsp3) is 0.130. The van der Waals surface area contributed by atoms with Crippen molar-refractivity contribution in [2.75, 3.05) is 19.5 Å². The van der Waals surface area contributed by atoms with Gasteiger partial charge in [-0.3, -0.25) is 4.79 Å². The van der Waals surface area contributed by atoms with Gasteiger partial charge in [0.05, 0.1) is 14.2 Å². The van der Waals surface area contributed by atoms with Crippen LogP contribution in [0.25, 0.3) is 22.6 Å². The number of ether oxygens (including phenoxy) is 2. The van der Waals surface area contributed by atoms with E-state index in [-0.39, 0.29) is 5.91 Å². The topological polar surface area (TPSA) is 73.6 Å². The summed E-state index contributed by atoms with van der Waals surface area (Å²) in [7, 11) is 3.08. The number of amides is 1. The highest BCUT2D eigenvalue weighted by Gasteiger charge is 2.13. The van der Waals surface area contributed by atoms with E-state index in [2.05, 4.69) is 10.3 Å². The summed E-state index contributed by atoms with van der Waals surface area (Å²) in [4.78, 5) is 17.2. The second-order valence-electron chi connectivity index (χ2n) is 6.57. The third-order valence-electron chi connectivity index (χ3n) is 4.64. The van der Waals surface area contributed by atoms with E-state index in [0.29, 0.717) is 34.2 Å². The lowest BCUT2D eigenvalue weighted by molar-refractivity contribution is 0.102. The van der Waals surface area contributed by atoms with Crippen LogP contribution in [0, 0.1) is 6.92 Å². The van der Waals surface area contributed by atoms with Crippen molar-refractivity contribution >= 4 is 22.7 Å². The first-order valence-electron chi connectivity index (χ1n) is 9.08. The highest BCUT2D eigenvalue weighted by Crippen LogP contribution is 2.29. The Bertz CT molecular complexity index is 1170. The number of fused-ring (bicyclic) bond motifs is 1. The van der Waals surface area contributed by atoms with Crippen LogP contribution in [0.4, 0.5) is 5.69 Å². The number of oxazole rings is 1. The molecule has 0 aliphatic carbocycles. The van der Waals surface area contributed by atoms with Gasteiger partial charge in [0, 0.05) is 28.9 Å². The Balaban J connectivity index is 1.62. The molecule has 0 spiro atoms. The Kier molecular flexibility index (Phi) is 4.91. The minimum absolute atomic E-state index is 0.278. The molecule has 0 aliphatic heterocycles. The lowest BCUT2D eigenvalue weighted by Gasteiger charge is -2.09. The van der Waals surface area contributed by atoms with Crippen LogP contribution in [0.1, 0.15) is 15.9 Å². The minimum Gasteiger partial charge on any atom is -0.497 e. The van der Waals surface area contributed by atoms with E-state index in [1.165, 1.54) is 0 Å². The van der Waals surface area contributed by atoms with Gasteiger partial charge in [-0.05, 0) is 42.8 Å². The predicted molar refractivity (Wildman–Crippen MR) is 112 cm³/mol. The third-order valence-corrected chi connectivity index (χ3v) is 4.64. The normalized spacial score (nSPS) is 10.7. The Labute approximate surface area is 168 Å². The van der Waals surface area contributed by atoms with E-state index in [9.17, 15) is 4.79 Å². The Morgan fingerprint density at radius 1 is 0.966 bits per heavy atom. The van der Waals surface area contributed by atoms with Gasteiger partial charge in [0.1, 0.15) is 17.0 Å². The maximum atomic E-state index is 12.7. The smallest absolute Gasteiger partial charge is 0.255 e. The summed E-state index contributed by atoms with van der Waals surface area (Å²) in [5.41, 5.74) is 4.39. The second kappa shape index (κ2) is 7.67. The Morgan fingerprint density at radius 3 is 2.38 bits per heavy atom. The number of anilines is 1. The molecular weight excluding hydrogens is 368 g/mol. The molecule has 1 N–H and O–H groups in total. The van der Waals surface area contributed by atoms with Crippen molar-refractivity contribution in [2.24, 2.45) is 0 Å². The lowest BCUT2D eigenvalue weighted by Crippen LogP contribution is -2.12. The summed E-state index contributed by atoms with van der Waals surface area (Å²) in [6.45, 7) is 2.01. The number of nitrogens with one attached hydrogen (secondary N) is 1. The summed E-state index contributed by atoms with van der Waals surface area (Å²) in [5.74, 6) is 1.37. The predicted octanol–water partition coefficient (Wildman–Crippen LogP) is 5.07. The van der Waals surface area contributed by atoms with Crippen LogP contribution in [0.3, 0.4) is 0 Å². The average molecular weight is 388 g/mol. The molecule has 1 aromatic heterocycles. The van der Waals surface area contributed by atoms with Crippen LogP contribution in [-0.2, 0) is 0 Å². The lowest BCUT2D eigenvalue weighted by atomic mass is 10.1. The molecule has 0 aliphatic rings. The number of nitrogens with zero attached hydrogens (tertiary/aromatic N) is 1. The first-order chi connectivity index (χ1) is 14.1. The zero-order chi connectivity index (χ0) is 20.4. The van der Waals surface area contributed by atoms with E-state index in [1.807, 2.05) is 37.3 Å². The van der Waals surface area contributed by atoms with Gasteiger partial charge in [-0.1, -0.05) is 18.2 Å². The summed E-state index contributed by atoms with van der Waals surface area (Å²) in [6.07, 6.45) is 0. The maximum absolute atomic E-state index is 12.7. The van der Waals surface area contributed by atoms with Crippen molar-refractivity contribution in [2.45, 2.75) is 6.92 Å². The summed E-state index contributed by atoms with van der Waals surface area (Å²) >= 11 is 0. The Hall–Kier alpha value is -3.80. The molecule has 0 atom stereocenters. The number of aromatic nitrogens is 1. The fourth-order valence-electron chi connectivity index (χ4n) is 3.07. The minimum atomic E-state index is -0.278. The highest BCUT2D eigenvalue weighted by atomic mass is 16.5. The van der Waals surface area contributed by atoms with Crippen LogP contribution in [-0.4, -0.2) is 25.1 Å². The van der Waals surface area contributed by atoms with Crippen LogP contribution in [0.5, 0.6) is 11.5 Å². The number of hydrogen-bond acceptors (Lipinski definition) is 5. The van der Waals surface area contributed by atoms with E-state index in [1.54, 1.807) is 44.6 Å². The standard InChI is InChI=1S/C23H20N2O4/c1-14-6-4-5-7-19(14)23-25-20-9-8-16(12-21(20)29-23)24-22(26)15-10-17(27-2)13-18(11-15)28-3/h4-13H,1-3H3,(H,24,26). The molecule has 6 nitrogen and oxygen atoms in total. The van der Waals surface area contributed by atoms with Gasteiger partial charge in [0.2, 0.25) is 5.89 Å². The number of benzene rings is 3. The van der Waals surface area contributed by atoms with Gasteiger partial charge in [-0.15, -0.1) is 0 Å². The van der Waals surface area contributed by atoms with Gasteiger partial charge >= 0.3 is 0 Å². The molecule has 4 aromatic rings. The largest absolute Gasteiger partial charge is 0.497 e. The van der Waals surface area contributed by atoms with E-state index in [4.69, 9.17) is 13.9 Å². The van der Waals surface area contributed by atoms with Gasteiger partial charge in [-0.25, -0.2) is 4.98 Å². The summed E-state index contributed by atoms with van der Waals surface area (Å²) in [5, 5.41) is 2.88. The first kappa shape index (κ1) is 18.6. The number of methoxy groups -OCH3 is 2. The molecule has 4 rings (SSSR count). The van der Waals surface area contributed by atoms with Gasteiger partial charge in [-0.2, -0.15) is 0 Å². The molecule has 0 saturated carbocycles. The van der Waals surface area contributed by atoms with Crippen molar-refractivity contribution in [3.63, 3.8) is 0 Å². The molecule has 0 radical (unpaired) electrons. The SMILES string of the molecule is COc1cc(OC)cc(C(=O)Nc2ccc3nc(-c4ccccc4C)oc3c2)c1. The third kappa shape index (κ3) is 3.78. The number of hydrogen-bond donors (Lipinski definition) is 1. The van der Waals surface area contributed by atoms with Gasteiger partial charge < -0.3 is 19.2 Å². The molecule has 1 amide bonds. The zero-order valence-electron chi connectivity index (χ0n) is 16.4. The van der Waals surface area contributed by atoms with Crippen molar-refractivity contribution in [3.8, 4) is 23.0 Å². The van der Waals surface area contributed by atoms with Crippen molar-refractivity contribution in [3.05, 3.63) is 71.8 Å². The molecule has 29 heavy (non-hydrogen) atoms. The first-order valence-corrected chi connectivity index (χ1v) is 9.08. The van der Waals surface area contributed by atoms with E-state index in [0.717, 1.165) is 16.6 Å². The number of carbonyl (C=O) groups excluding carboxylic acids is 1. The van der Waals surface area contributed by atoms with Gasteiger partial charge in [0.15, 0.2) is 5.58 Å². The molecule has 6 heteroatoms. The van der Waals surface area contributed by atoms with Crippen LogP contribution in [0.15, 0.2) is 65.1 Å². The molecule has 0 fully saturated rings. The fourth-order valence-corrected chi connectivity index (χ4v) is 3.07. The highest BCUT2D eigenvalue weighted by molar-refractivity contribution is 6.05. The van der Waals surface area contributed by atoms with Crippen LogP contribution < -0.4 is 14.8 Å². The van der Waals surface area contributed by atoms with Crippen molar-refractivity contribution in [1.29, 1.82) is 0 Å². The number of aryl methyl sites for hydroxylation is 1. The summed E-state index contributed by atoms with van der Waals surface area (Å²) < 4.78 is 16.4. The van der Waals surface area contributed by atoms with E-state index >= 15 is 0 Å². The molecular formula is C23H20N2O4. The van der Waals surface area contributed by atoms with Crippen LogP contribution >= 0.6 is 0 Å². The quantitative estimate of drug-likeness (QED) is 0.516. The number of rotatable bonds is 5. The molecule has 146 valence electrons. The molecule has 3 aromatic carbocycles. The van der Waals surface area contributed by atoms with Crippen molar-refractivity contribution in [1.82, 2.24) is 4.98 Å². The second-order valence-corrected chi connectivity index (χ2v) is 6.57. The monoisotopic (exact) mass is 388 g/mol. The van der Waals surface area contributed by atoms with E-state index < -0.39 is 0 Å². The van der Waals surface area contributed by atoms with Gasteiger partial charge in [0.25, 0.3) is 5.91 Å². The molecule has 0 bridgehead atoms. The Morgan fingerprint density at radius 2 is 1.69 bits per heavy atom. The summed E-state index contributed by atoms with van der Waals surface area (Å²) in [6, 6.07) is 18.3. The molecule has 0 unspecified atom stereocenters. The molecule has 0 saturated heterocycles. The van der Waals surface area contributed by atoms with Crippen LogP contribution in [0.2, 0.25) is 0 Å². The maximum Gasteiger partial charge on any atom is 0.255 e.